The molecule has 11 nitrogen and oxygen atoms in total. The molecule has 1 aliphatic heterocycles. The number of nitrogens with one attached hydrogen (secondary N) is 1. The van der Waals surface area contributed by atoms with Crippen molar-refractivity contribution >= 4 is 23.5 Å². The third kappa shape index (κ3) is 2.94. The lowest BCUT2D eigenvalue weighted by atomic mass is 10.2. The van der Waals surface area contributed by atoms with E-state index in [0.29, 0.717) is 0 Å². The van der Waals surface area contributed by atoms with Crippen molar-refractivity contribution in [1.29, 1.82) is 0 Å². The molecule has 0 fully saturated rings. The smallest absolute Gasteiger partial charge is 0.280 e. The van der Waals surface area contributed by atoms with Crippen molar-refractivity contribution in [3.8, 4) is 0 Å². The fourth-order valence-corrected chi connectivity index (χ4v) is 2.44. The van der Waals surface area contributed by atoms with Crippen molar-refractivity contribution in [2.75, 3.05) is 27.8 Å². The van der Waals surface area contributed by atoms with Gasteiger partial charge in [0.25, 0.3) is 5.56 Å². The first kappa shape index (κ1) is 16.9. The van der Waals surface area contributed by atoms with E-state index in [9.17, 15) is 15.0 Å². The Labute approximate surface area is 141 Å². The van der Waals surface area contributed by atoms with Crippen LogP contribution in [0.4, 0.5) is 5.95 Å². The Kier molecular flexibility index (Phi) is 4.42. The Hall–Kier alpha value is -2.92. The molecule has 0 saturated carbocycles. The van der Waals surface area contributed by atoms with Gasteiger partial charge in [-0.25, -0.2) is 9.98 Å². The monoisotopic (exact) mass is 350 g/mol. The van der Waals surface area contributed by atoms with Crippen LogP contribution in [-0.2, 0) is 9.47 Å². The second kappa shape index (κ2) is 6.53. The molecule has 0 bridgehead atoms. The van der Waals surface area contributed by atoms with Gasteiger partial charge >= 0.3 is 0 Å². The first-order valence-corrected chi connectivity index (χ1v) is 7.36. The second-order valence-corrected chi connectivity index (χ2v) is 5.55. The number of aliphatic imine (C=N–C) groups is 1. The highest BCUT2D eigenvalue weighted by atomic mass is 16.6. The van der Waals surface area contributed by atoms with Crippen LogP contribution in [0.5, 0.6) is 0 Å². The highest BCUT2D eigenvalue weighted by Crippen LogP contribution is 2.34. The number of imidazole rings is 1. The third-order valence-electron chi connectivity index (χ3n) is 3.58. The topological polar surface area (TPSA) is 138 Å². The van der Waals surface area contributed by atoms with Crippen molar-refractivity contribution in [1.82, 2.24) is 24.4 Å². The van der Waals surface area contributed by atoms with Crippen molar-refractivity contribution in [2.24, 2.45) is 4.99 Å². The van der Waals surface area contributed by atoms with Crippen LogP contribution in [-0.4, -0.2) is 74.9 Å². The zero-order valence-corrected chi connectivity index (χ0v) is 13.9. The minimum Gasteiger partial charge on any atom is -0.506 e. The minimum atomic E-state index is -0.866. The normalized spacial score (nSPS) is 20.6. The lowest BCUT2D eigenvalue weighted by Crippen LogP contribution is -2.24. The van der Waals surface area contributed by atoms with Gasteiger partial charge in [0.1, 0.15) is 12.9 Å². The molecule has 0 radical (unpaired) electrons. The lowest BCUT2D eigenvalue weighted by Gasteiger charge is -2.19. The SMILES string of the molecule is CO[C@H]1C(O)=C(CO)OC1n1cnc2c(=O)[nH]c(/N=C\N(C)C)nc21. The fraction of sp³-hybridized carbons (Fsp3) is 0.429. The van der Waals surface area contributed by atoms with Crippen molar-refractivity contribution in [3.05, 3.63) is 28.2 Å². The van der Waals surface area contributed by atoms with Crippen LogP contribution in [0.25, 0.3) is 11.2 Å². The zero-order valence-electron chi connectivity index (χ0n) is 13.9. The molecule has 0 amide bonds. The van der Waals surface area contributed by atoms with Crippen molar-refractivity contribution in [2.45, 2.75) is 12.3 Å². The summed E-state index contributed by atoms with van der Waals surface area (Å²) in [6, 6.07) is 0. The highest BCUT2D eigenvalue weighted by molar-refractivity contribution is 5.71. The van der Waals surface area contributed by atoms with E-state index in [-0.39, 0.29) is 28.6 Å². The summed E-state index contributed by atoms with van der Waals surface area (Å²) >= 11 is 0. The number of nitrogens with zero attached hydrogens (tertiary/aromatic N) is 5. The van der Waals surface area contributed by atoms with Crippen LogP contribution >= 0.6 is 0 Å². The number of H-pyrrole nitrogens is 1. The third-order valence-corrected chi connectivity index (χ3v) is 3.58. The first-order valence-electron chi connectivity index (χ1n) is 7.36. The Morgan fingerprint density at radius 1 is 1.56 bits per heavy atom. The molecule has 11 heteroatoms. The zero-order chi connectivity index (χ0) is 18.1. The molecule has 25 heavy (non-hydrogen) atoms. The van der Waals surface area contributed by atoms with Gasteiger partial charge in [-0.2, -0.15) is 4.98 Å². The maximum absolute atomic E-state index is 12.2. The number of ether oxygens (including phenoxy) is 2. The number of fused-ring (bicyclic) bond motifs is 1. The molecular weight excluding hydrogens is 332 g/mol. The van der Waals surface area contributed by atoms with Crippen LogP contribution in [0.3, 0.4) is 0 Å². The summed E-state index contributed by atoms with van der Waals surface area (Å²) in [5.41, 5.74) is -0.144. The summed E-state index contributed by atoms with van der Waals surface area (Å²) in [5, 5.41) is 19.3. The molecule has 0 aromatic carbocycles. The predicted octanol–water partition coefficient (Wildman–Crippen LogP) is -0.353. The van der Waals surface area contributed by atoms with Crippen LogP contribution in [0.15, 0.2) is 27.6 Å². The minimum absolute atomic E-state index is 0.00519. The van der Waals surface area contributed by atoms with Crippen LogP contribution in [0.1, 0.15) is 6.23 Å². The maximum Gasteiger partial charge on any atom is 0.280 e. The second-order valence-electron chi connectivity index (χ2n) is 5.55. The number of aromatic nitrogens is 4. The Balaban J connectivity index is 2.07. The number of hydrogen-bond acceptors (Lipinski definition) is 8. The molecule has 134 valence electrons. The number of aromatic amines is 1. The van der Waals surface area contributed by atoms with E-state index in [1.807, 2.05) is 0 Å². The standard InChI is InChI=1S/C14H18N6O5/c1-19(2)5-16-14-17-11-8(12(23)18-14)15-6-20(11)13-10(24-3)9(22)7(4-21)25-13/h5-6,10,13,21-22H,4H2,1-3H3,(H,17,18,23)/b16-5-/t10-,13?/m0/s1. The predicted molar refractivity (Wildman–Crippen MR) is 87.6 cm³/mol. The van der Waals surface area contributed by atoms with Crippen molar-refractivity contribution < 1.29 is 19.7 Å². The quantitative estimate of drug-likeness (QED) is 0.491. The van der Waals surface area contributed by atoms with E-state index in [2.05, 4.69) is 19.9 Å². The van der Waals surface area contributed by atoms with Gasteiger partial charge in [-0.3, -0.25) is 14.3 Å². The van der Waals surface area contributed by atoms with Crippen LogP contribution < -0.4 is 5.56 Å². The molecular formula is C14H18N6O5. The molecule has 2 atom stereocenters. The summed E-state index contributed by atoms with van der Waals surface area (Å²) in [6.07, 6.45) is 1.12. The van der Waals surface area contributed by atoms with E-state index in [1.165, 1.54) is 24.3 Å². The summed E-state index contributed by atoms with van der Waals surface area (Å²) in [6.45, 7) is -0.485. The van der Waals surface area contributed by atoms with Gasteiger partial charge < -0.3 is 24.6 Å². The summed E-state index contributed by atoms with van der Waals surface area (Å²) < 4.78 is 12.2. The number of methoxy groups -OCH3 is 1. The molecule has 1 unspecified atom stereocenters. The van der Waals surface area contributed by atoms with Gasteiger partial charge in [0.05, 0.1) is 6.34 Å². The summed E-state index contributed by atoms with van der Waals surface area (Å²) in [5.74, 6) is -0.124. The molecule has 0 aliphatic carbocycles. The molecule has 0 spiro atoms. The van der Waals surface area contributed by atoms with Gasteiger partial charge in [-0.15, -0.1) is 0 Å². The lowest BCUT2D eigenvalue weighted by molar-refractivity contribution is -0.0329. The average Bonchev–Trinajstić information content (AvgIpc) is 3.13. The molecule has 0 saturated heterocycles. The molecule has 1 aliphatic rings. The summed E-state index contributed by atoms with van der Waals surface area (Å²) in [4.78, 5) is 28.8. The van der Waals surface area contributed by atoms with Gasteiger partial charge in [-0.1, -0.05) is 0 Å². The number of aliphatic hydroxyl groups is 2. The van der Waals surface area contributed by atoms with Crippen LogP contribution in [0, 0.1) is 0 Å². The molecule has 3 rings (SSSR count). The Morgan fingerprint density at radius 2 is 2.32 bits per heavy atom. The van der Waals surface area contributed by atoms with Crippen molar-refractivity contribution in [3.63, 3.8) is 0 Å². The fourth-order valence-electron chi connectivity index (χ4n) is 2.44. The number of hydrogen-bond donors (Lipinski definition) is 3. The van der Waals surface area contributed by atoms with Gasteiger partial charge in [0.2, 0.25) is 12.2 Å². The largest absolute Gasteiger partial charge is 0.506 e. The first-order chi connectivity index (χ1) is 12.0. The molecule has 2 aromatic rings. The molecule has 2 aromatic heterocycles. The number of rotatable bonds is 5. The Morgan fingerprint density at radius 3 is 2.96 bits per heavy atom. The van der Waals surface area contributed by atoms with E-state index >= 15 is 0 Å². The maximum atomic E-state index is 12.2. The van der Waals surface area contributed by atoms with Gasteiger partial charge in [-0.05, 0) is 0 Å². The van der Waals surface area contributed by atoms with E-state index in [1.54, 1.807) is 19.0 Å². The molecule has 3 heterocycles. The number of aliphatic hydroxyl groups excluding tert-OH is 2. The average molecular weight is 350 g/mol. The van der Waals surface area contributed by atoms with E-state index in [4.69, 9.17) is 9.47 Å². The van der Waals surface area contributed by atoms with Gasteiger partial charge in [0, 0.05) is 21.2 Å². The molecule has 3 N–H and O–H groups in total. The van der Waals surface area contributed by atoms with Gasteiger partial charge in [0.15, 0.2) is 28.8 Å². The Bertz CT molecular complexity index is 899. The van der Waals surface area contributed by atoms with E-state index in [0.717, 1.165) is 0 Å². The van der Waals surface area contributed by atoms with Crippen LogP contribution in [0.2, 0.25) is 0 Å². The summed E-state index contributed by atoms with van der Waals surface area (Å²) in [7, 11) is 4.96. The highest BCUT2D eigenvalue weighted by Gasteiger charge is 2.39. The van der Waals surface area contributed by atoms with E-state index < -0.39 is 24.5 Å².